The van der Waals surface area contributed by atoms with Gasteiger partial charge in [-0.05, 0) is 35.9 Å². The van der Waals surface area contributed by atoms with E-state index in [1.807, 2.05) is 0 Å². The smallest absolute Gasteiger partial charge is 0.345 e. The summed E-state index contributed by atoms with van der Waals surface area (Å²) in [7, 11) is -3.46. The molecule has 1 aliphatic heterocycles. The Morgan fingerprint density at radius 2 is 1.79 bits per heavy atom. The van der Waals surface area contributed by atoms with Gasteiger partial charge in [0.05, 0.1) is 66.5 Å². The van der Waals surface area contributed by atoms with Gasteiger partial charge in [-0.1, -0.05) is 19.1 Å². The number of aromatic nitrogens is 5. The summed E-state index contributed by atoms with van der Waals surface area (Å²) in [5.74, 6) is -1.16. The van der Waals surface area contributed by atoms with E-state index in [9.17, 15) is 31.9 Å². The summed E-state index contributed by atoms with van der Waals surface area (Å²) >= 11 is 0. The van der Waals surface area contributed by atoms with Crippen LogP contribution in [0.2, 0.25) is 0 Å². The third kappa shape index (κ3) is 8.42. The lowest BCUT2D eigenvalue weighted by atomic mass is 10.0. The van der Waals surface area contributed by atoms with Crippen LogP contribution in [-0.4, -0.2) is 88.0 Å². The Balaban J connectivity index is 1.27. The standard InChI is InChI=1S/C30H31F2N7O7S/c1-2-47(43,44)24-7-3-19(4-8-24)25(14-28(40)41)37-29(42)20-5-9-26(33-15-20)38-17-23(13-22(38)18-45-30(31)32)46-27-10-6-21(16-34-27)39-35-11-12-36-39/h3-12,15-16,22-23,25,30H,2,13-14,17-18H2,1H3,(H,37,42)(H,40,41)/t22-,23-,25-/m0/s1. The molecule has 3 aromatic heterocycles. The lowest BCUT2D eigenvalue weighted by Gasteiger charge is -2.25. The molecule has 0 unspecified atom stereocenters. The van der Waals surface area contributed by atoms with Gasteiger partial charge in [0.1, 0.15) is 17.6 Å². The number of hydrogen-bond acceptors (Lipinski definition) is 11. The minimum Gasteiger partial charge on any atom is -0.481 e. The van der Waals surface area contributed by atoms with Crippen LogP contribution in [0, 0.1) is 0 Å². The van der Waals surface area contributed by atoms with Crippen LogP contribution in [0.1, 0.15) is 41.7 Å². The Morgan fingerprint density at radius 1 is 1.04 bits per heavy atom. The molecule has 0 aliphatic carbocycles. The van der Waals surface area contributed by atoms with Gasteiger partial charge in [-0.2, -0.15) is 23.8 Å². The highest BCUT2D eigenvalue weighted by molar-refractivity contribution is 7.91. The van der Waals surface area contributed by atoms with Crippen molar-refractivity contribution in [2.45, 2.75) is 49.5 Å². The Kier molecular flexibility index (Phi) is 10.4. The minimum atomic E-state index is -3.46. The van der Waals surface area contributed by atoms with Crippen molar-refractivity contribution in [1.29, 1.82) is 0 Å². The molecular weight excluding hydrogens is 640 g/mol. The van der Waals surface area contributed by atoms with Gasteiger partial charge in [0.2, 0.25) is 5.88 Å². The van der Waals surface area contributed by atoms with Crippen LogP contribution < -0.4 is 15.0 Å². The molecule has 14 nitrogen and oxygen atoms in total. The van der Waals surface area contributed by atoms with E-state index in [4.69, 9.17) is 4.74 Å². The van der Waals surface area contributed by atoms with E-state index in [-0.39, 0.29) is 29.4 Å². The lowest BCUT2D eigenvalue weighted by molar-refractivity contribution is -0.137. The highest BCUT2D eigenvalue weighted by atomic mass is 32.2. The topological polar surface area (TPSA) is 179 Å². The molecule has 17 heteroatoms. The number of ether oxygens (including phenoxy) is 2. The zero-order valence-electron chi connectivity index (χ0n) is 25.0. The Hall–Kier alpha value is -5.03. The van der Waals surface area contributed by atoms with Crippen molar-refractivity contribution in [2.75, 3.05) is 23.8 Å². The maximum absolute atomic E-state index is 13.1. The molecule has 0 spiro atoms. The molecule has 0 bridgehead atoms. The number of nitrogens with zero attached hydrogens (tertiary/aromatic N) is 6. The number of nitrogens with one attached hydrogen (secondary N) is 1. The van der Waals surface area contributed by atoms with Crippen LogP contribution >= 0.6 is 0 Å². The first-order valence-corrected chi connectivity index (χ1v) is 16.1. The summed E-state index contributed by atoms with van der Waals surface area (Å²) in [6.45, 7) is -1.48. The van der Waals surface area contributed by atoms with Crippen LogP contribution in [0.5, 0.6) is 5.88 Å². The second kappa shape index (κ2) is 14.6. The first kappa shape index (κ1) is 33.3. The van der Waals surface area contributed by atoms with Gasteiger partial charge in [0.15, 0.2) is 9.84 Å². The normalized spacial score (nSPS) is 17.1. The fourth-order valence-electron chi connectivity index (χ4n) is 5.09. The van der Waals surface area contributed by atoms with Gasteiger partial charge in [-0.15, -0.1) is 0 Å². The van der Waals surface area contributed by atoms with Crippen molar-refractivity contribution in [3.8, 4) is 11.6 Å². The number of anilines is 1. The number of carbonyl (C=O) groups excluding carboxylic acids is 1. The molecule has 1 aromatic carbocycles. The molecule has 0 saturated carbocycles. The zero-order chi connectivity index (χ0) is 33.6. The van der Waals surface area contributed by atoms with E-state index in [0.717, 1.165) is 0 Å². The van der Waals surface area contributed by atoms with E-state index >= 15 is 0 Å². The second-order valence-electron chi connectivity index (χ2n) is 10.6. The number of pyridine rings is 2. The lowest BCUT2D eigenvalue weighted by Crippen LogP contribution is -2.35. The third-order valence-electron chi connectivity index (χ3n) is 7.46. The minimum absolute atomic E-state index is 0.0906. The van der Waals surface area contributed by atoms with Gasteiger partial charge >= 0.3 is 12.6 Å². The van der Waals surface area contributed by atoms with Crippen LogP contribution in [0.4, 0.5) is 14.6 Å². The van der Waals surface area contributed by atoms with Crippen molar-refractivity contribution in [3.63, 3.8) is 0 Å². The predicted molar refractivity (Wildman–Crippen MR) is 162 cm³/mol. The maximum atomic E-state index is 13.1. The van der Waals surface area contributed by atoms with E-state index < -0.39 is 52.9 Å². The molecule has 3 atom stereocenters. The van der Waals surface area contributed by atoms with Gasteiger partial charge in [-0.25, -0.2) is 18.4 Å². The van der Waals surface area contributed by atoms with Gasteiger partial charge in [0.25, 0.3) is 5.91 Å². The second-order valence-corrected chi connectivity index (χ2v) is 12.8. The quantitative estimate of drug-likeness (QED) is 0.201. The van der Waals surface area contributed by atoms with Crippen molar-refractivity contribution in [1.82, 2.24) is 30.3 Å². The molecule has 1 fully saturated rings. The Labute approximate surface area is 268 Å². The SMILES string of the molecule is CCS(=O)(=O)c1ccc([C@H](CC(=O)O)NC(=O)c2ccc(N3C[C@@H](Oc4ccc(-n5nccn5)cn4)C[C@H]3COC(F)F)nc2)cc1. The number of hydrogen-bond donors (Lipinski definition) is 2. The number of benzene rings is 1. The highest BCUT2D eigenvalue weighted by Crippen LogP contribution is 2.28. The molecule has 0 radical (unpaired) electrons. The molecule has 1 aliphatic rings. The van der Waals surface area contributed by atoms with Crippen LogP contribution in [0.15, 0.2) is 78.2 Å². The highest BCUT2D eigenvalue weighted by Gasteiger charge is 2.35. The fraction of sp³-hybridized carbons (Fsp3) is 0.333. The average molecular weight is 672 g/mol. The van der Waals surface area contributed by atoms with E-state index in [1.165, 1.54) is 66.8 Å². The van der Waals surface area contributed by atoms with Crippen LogP contribution in [-0.2, 0) is 19.4 Å². The van der Waals surface area contributed by atoms with Crippen LogP contribution in [0.3, 0.4) is 0 Å². The number of halogens is 2. The number of amides is 1. The van der Waals surface area contributed by atoms with Crippen molar-refractivity contribution in [3.05, 3.63) is 84.4 Å². The molecule has 5 rings (SSSR count). The number of aliphatic carboxylic acids is 1. The Morgan fingerprint density at radius 3 is 2.38 bits per heavy atom. The number of sulfone groups is 1. The molecule has 4 aromatic rings. The van der Waals surface area contributed by atoms with E-state index in [2.05, 4.69) is 30.2 Å². The number of carbonyl (C=O) groups is 2. The largest absolute Gasteiger partial charge is 0.481 e. The average Bonchev–Trinajstić information content (AvgIpc) is 3.74. The number of alkyl halides is 2. The summed E-state index contributed by atoms with van der Waals surface area (Å²) in [4.78, 5) is 36.6. The predicted octanol–water partition coefficient (Wildman–Crippen LogP) is 3.06. The third-order valence-corrected chi connectivity index (χ3v) is 9.21. The zero-order valence-corrected chi connectivity index (χ0v) is 25.8. The van der Waals surface area contributed by atoms with Crippen LogP contribution in [0.25, 0.3) is 5.69 Å². The van der Waals surface area contributed by atoms with Gasteiger partial charge < -0.3 is 24.8 Å². The van der Waals surface area contributed by atoms with Crippen molar-refractivity contribution in [2.24, 2.45) is 0 Å². The summed E-state index contributed by atoms with van der Waals surface area (Å²) in [6, 6.07) is 10.6. The molecule has 2 N–H and O–H groups in total. The number of rotatable bonds is 14. The van der Waals surface area contributed by atoms with Gasteiger partial charge in [0, 0.05) is 18.7 Å². The first-order valence-electron chi connectivity index (χ1n) is 14.5. The first-order chi connectivity index (χ1) is 22.5. The molecular formula is C30H31F2N7O7S. The maximum Gasteiger partial charge on any atom is 0.345 e. The molecule has 47 heavy (non-hydrogen) atoms. The molecule has 1 saturated heterocycles. The summed E-state index contributed by atoms with van der Waals surface area (Å²) in [6.07, 6.45) is 5.34. The monoisotopic (exact) mass is 671 g/mol. The number of carboxylic acids is 1. The van der Waals surface area contributed by atoms with Gasteiger partial charge in [-0.3, -0.25) is 9.59 Å². The summed E-state index contributed by atoms with van der Waals surface area (Å²) in [5, 5.41) is 20.2. The number of carboxylic acid groups (broad SMARTS) is 1. The molecule has 4 heterocycles. The fourth-order valence-corrected chi connectivity index (χ4v) is 5.98. The Bertz CT molecular complexity index is 1760. The molecule has 248 valence electrons. The van der Waals surface area contributed by atoms with E-state index in [1.54, 1.807) is 23.1 Å². The van der Waals surface area contributed by atoms with Crippen molar-refractivity contribution < 1.29 is 41.4 Å². The van der Waals surface area contributed by atoms with Crippen molar-refractivity contribution >= 4 is 27.5 Å². The van der Waals surface area contributed by atoms with E-state index in [0.29, 0.717) is 29.4 Å². The molecule has 1 amide bonds. The summed E-state index contributed by atoms with van der Waals surface area (Å²) < 4.78 is 60.8. The summed E-state index contributed by atoms with van der Waals surface area (Å²) in [5.41, 5.74) is 1.16.